The van der Waals surface area contributed by atoms with Crippen LogP contribution in [0, 0.1) is 0 Å². The number of nitrogens with zero attached hydrogens (tertiary/aromatic N) is 1. The van der Waals surface area contributed by atoms with Crippen molar-refractivity contribution in [2.45, 2.75) is 13.0 Å². The van der Waals surface area contributed by atoms with Crippen LogP contribution < -0.4 is 5.32 Å². The first-order valence-electron chi connectivity index (χ1n) is 6.39. The molecule has 20 heavy (non-hydrogen) atoms. The molecule has 6 nitrogen and oxygen atoms in total. The molecule has 2 rings (SSSR count). The van der Waals surface area contributed by atoms with E-state index in [1.807, 2.05) is 12.1 Å². The normalized spacial score (nSPS) is 15.7. The zero-order valence-corrected chi connectivity index (χ0v) is 12.1. The lowest BCUT2D eigenvalue weighted by Crippen LogP contribution is -2.30. The maximum atomic E-state index is 11.9. The highest BCUT2D eigenvalue weighted by molar-refractivity contribution is 7.85. The smallest absolute Gasteiger partial charge is 0.266 e. The van der Waals surface area contributed by atoms with Gasteiger partial charge >= 0.3 is 0 Å². The van der Waals surface area contributed by atoms with Crippen LogP contribution in [-0.4, -0.2) is 49.7 Å². The van der Waals surface area contributed by atoms with E-state index in [4.69, 9.17) is 4.55 Å². The monoisotopic (exact) mass is 298 g/mol. The predicted molar refractivity (Wildman–Crippen MR) is 75.2 cm³/mol. The summed E-state index contributed by atoms with van der Waals surface area (Å²) in [5.41, 5.74) is 2.89. The molecule has 1 aromatic carbocycles. The molecule has 1 amide bonds. The number of likely N-dealkylation sites (N-methyl/N-ethyl adjacent to an activating group) is 1. The Labute approximate surface area is 118 Å². The third-order valence-corrected chi connectivity index (χ3v) is 4.04. The van der Waals surface area contributed by atoms with Crippen molar-refractivity contribution in [3.8, 4) is 0 Å². The van der Waals surface area contributed by atoms with Crippen molar-refractivity contribution in [1.82, 2.24) is 10.2 Å². The Morgan fingerprint density at radius 2 is 2.15 bits per heavy atom. The third-order valence-electron chi connectivity index (χ3n) is 3.32. The standard InChI is InChI=1S/C13H18N2O4S/c1-15-6-4-10-8-11(2-3-12(10)9-15)13(16)14-5-7-20(17,18)19/h2-3,8H,4-7,9H2,1H3,(H,14,16)(H,17,18,19). The molecule has 110 valence electrons. The first kappa shape index (κ1) is 15.0. The minimum atomic E-state index is -4.04. The molecule has 1 heterocycles. The molecule has 0 unspecified atom stereocenters. The van der Waals surface area contributed by atoms with E-state index >= 15 is 0 Å². The van der Waals surface area contributed by atoms with Crippen LogP contribution in [-0.2, 0) is 23.1 Å². The molecule has 0 spiro atoms. The Morgan fingerprint density at radius 1 is 1.40 bits per heavy atom. The summed E-state index contributed by atoms with van der Waals surface area (Å²) < 4.78 is 29.7. The van der Waals surface area contributed by atoms with E-state index in [0.29, 0.717) is 5.56 Å². The number of amides is 1. The van der Waals surface area contributed by atoms with Crippen LogP contribution in [0.3, 0.4) is 0 Å². The Bertz CT molecular complexity index is 613. The number of benzene rings is 1. The topological polar surface area (TPSA) is 86.7 Å². The van der Waals surface area contributed by atoms with Gasteiger partial charge in [0.05, 0.1) is 5.75 Å². The lowest BCUT2D eigenvalue weighted by molar-refractivity contribution is 0.0956. The van der Waals surface area contributed by atoms with Crippen molar-refractivity contribution in [2.24, 2.45) is 0 Å². The third kappa shape index (κ3) is 4.03. The fraction of sp³-hybridized carbons (Fsp3) is 0.462. The van der Waals surface area contributed by atoms with Gasteiger partial charge in [0.15, 0.2) is 0 Å². The molecule has 1 aliphatic heterocycles. The fourth-order valence-corrected chi connectivity index (χ4v) is 2.59. The van der Waals surface area contributed by atoms with E-state index in [1.165, 1.54) is 5.56 Å². The lowest BCUT2D eigenvalue weighted by atomic mass is 9.97. The summed E-state index contributed by atoms with van der Waals surface area (Å²) in [6.45, 7) is 1.73. The summed E-state index contributed by atoms with van der Waals surface area (Å²) >= 11 is 0. The Kier molecular flexibility index (Phi) is 4.42. The molecule has 0 radical (unpaired) electrons. The number of fused-ring (bicyclic) bond motifs is 1. The predicted octanol–water partition coefficient (Wildman–Crippen LogP) is 0.292. The van der Waals surface area contributed by atoms with Crippen LogP contribution in [0.4, 0.5) is 0 Å². The molecule has 0 saturated carbocycles. The molecule has 0 atom stereocenters. The molecule has 0 saturated heterocycles. The van der Waals surface area contributed by atoms with Gasteiger partial charge in [-0.25, -0.2) is 0 Å². The van der Waals surface area contributed by atoms with E-state index < -0.39 is 15.9 Å². The van der Waals surface area contributed by atoms with Crippen LogP contribution in [0.1, 0.15) is 21.5 Å². The van der Waals surface area contributed by atoms with Crippen molar-refractivity contribution in [2.75, 3.05) is 25.9 Å². The number of hydrogen-bond donors (Lipinski definition) is 2. The highest BCUT2D eigenvalue weighted by Gasteiger charge is 2.15. The Hall–Kier alpha value is -1.44. The van der Waals surface area contributed by atoms with Crippen molar-refractivity contribution in [3.05, 3.63) is 34.9 Å². The largest absolute Gasteiger partial charge is 0.351 e. The minimum Gasteiger partial charge on any atom is -0.351 e. The van der Waals surface area contributed by atoms with Gasteiger partial charge in [-0.05, 0) is 36.7 Å². The summed E-state index contributed by atoms with van der Waals surface area (Å²) in [5.74, 6) is -0.801. The molecule has 0 aliphatic carbocycles. The molecule has 0 aromatic heterocycles. The Morgan fingerprint density at radius 3 is 2.85 bits per heavy atom. The summed E-state index contributed by atoms with van der Waals surface area (Å²) in [4.78, 5) is 14.1. The van der Waals surface area contributed by atoms with Crippen molar-refractivity contribution < 1.29 is 17.8 Å². The van der Waals surface area contributed by atoms with Gasteiger partial charge in [0, 0.05) is 25.2 Å². The van der Waals surface area contributed by atoms with Crippen LogP contribution in [0.25, 0.3) is 0 Å². The zero-order chi connectivity index (χ0) is 14.8. The molecule has 1 aromatic rings. The van der Waals surface area contributed by atoms with Gasteiger partial charge in [-0.2, -0.15) is 8.42 Å². The van der Waals surface area contributed by atoms with E-state index in [2.05, 4.69) is 17.3 Å². The summed E-state index contributed by atoms with van der Waals surface area (Å²) in [6, 6.07) is 5.52. The van der Waals surface area contributed by atoms with Gasteiger partial charge in [-0.1, -0.05) is 6.07 Å². The summed E-state index contributed by atoms with van der Waals surface area (Å²) in [5, 5.41) is 2.48. The van der Waals surface area contributed by atoms with Gasteiger partial charge < -0.3 is 10.2 Å². The summed E-state index contributed by atoms with van der Waals surface area (Å²) in [6.07, 6.45) is 0.901. The van der Waals surface area contributed by atoms with Crippen LogP contribution in [0.15, 0.2) is 18.2 Å². The van der Waals surface area contributed by atoms with Crippen LogP contribution >= 0.6 is 0 Å². The Balaban J connectivity index is 2.01. The second-order valence-electron chi connectivity index (χ2n) is 5.01. The number of rotatable bonds is 4. The number of carbonyl (C=O) groups excluding carboxylic acids is 1. The second kappa shape index (κ2) is 5.90. The van der Waals surface area contributed by atoms with Gasteiger partial charge in [0.25, 0.3) is 16.0 Å². The number of carbonyl (C=O) groups is 1. The first-order valence-corrected chi connectivity index (χ1v) is 8.00. The van der Waals surface area contributed by atoms with Crippen LogP contribution in [0.2, 0.25) is 0 Å². The highest BCUT2D eigenvalue weighted by atomic mass is 32.2. The molecular formula is C13H18N2O4S. The SMILES string of the molecule is CN1CCc2cc(C(=O)NCCS(=O)(=O)O)ccc2C1. The molecule has 2 N–H and O–H groups in total. The van der Waals surface area contributed by atoms with Crippen LogP contribution in [0.5, 0.6) is 0 Å². The van der Waals surface area contributed by atoms with E-state index in [9.17, 15) is 13.2 Å². The minimum absolute atomic E-state index is 0.0997. The molecule has 7 heteroatoms. The first-order chi connectivity index (χ1) is 9.35. The maximum Gasteiger partial charge on any atom is 0.266 e. The zero-order valence-electron chi connectivity index (χ0n) is 11.3. The highest BCUT2D eigenvalue weighted by Crippen LogP contribution is 2.19. The molecule has 0 fully saturated rings. The van der Waals surface area contributed by atoms with Gasteiger partial charge in [-0.15, -0.1) is 0 Å². The lowest BCUT2D eigenvalue weighted by Gasteiger charge is -2.25. The fourth-order valence-electron chi connectivity index (χ4n) is 2.23. The van der Waals surface area contributed by atoms with Gasteiger partial charge in [0.2, 0.25) is 0 Å². The van der Waals surface area contributed by atoms with Gasteiger partial charge in [-0.3, -0.25) is 9.35 Å². The second-order valence-corrected chi connectivity index (χ2v) is 6.59. The number of nitrogens with one attached hydrogen (secondary N) is 1. The molecule has 0 bridgehead atoms. The maximum absolute atomic E-state index is 11.9. The average Bonchev–Trinajstić information content (AvgIpc) is 2.36. The number of hydrogen-bond acceptors (Lipinski definition) is 4. The van der Waals surface area contributed by atoms with Crippen molar-refractivity contribution in [1.29, 1.82) is 0 Å². The molecular weight excluding hydrogens is 280 g/mol. The van der Waals surface area contributed by atoms with Gasteiger partial charge in [0.1, 0.15) is 0 Å². The quantitative estimate of drug-likeness (QED) is 0.780. The summed E-state index contributed by atoms with van der Waals surface area (Å²) in [7, 11) is -1.99. The van der Waals surface area contributed by atoms with Crippen molar-refractivity contribution in [3.63, 3.8) is 0 Å². The van der Waals surface area contributed by atoms with E-state index in [-0.39, 0.29) is 12.5 Å². The van der Waals surface area contributed by atoms with E-state index in [1.54, 1.807) is 6.07 Å². The molecule has 1 aliphatic rings. The van der Waals surface area contributed by atoms with E-state index in [0.717, 1.165) is 25.1 Å². The van der Waals surface area contributed by atoms with Crippen molar-refractivity contribution >= 4 is 16.0 Å². The average molecular weight is 298 g/mol.